The van der Waals surface area contributed by atoms with Crippen LogP contribution in [-0.2, 0) is 29.5 Å². The molecule has 2 aliphatic heterocycles. The molecule has 5 nitrogen and oxygen atoms in total. The van der Waals surface area contributed by atoms with Gasteiger partial charge in [0, 0.05) is 17.0 Å². The summed E-state index contributed by atoms with van der Waals surface area (Å²) in [6.07, 6.45) is 2.73. The number of ether oxygens (including phenoxy) is 2. The van der Waals surface area contributed by atoms with Gasteiger partial charge < -0.3 is 19.5 Å². The molecule has 2 aromatic rings. The molecule has 2 aromatic carbocycles. The van der Waals surface area contributed by atoms with Crippen LogP contribution in [0.2, 0.25) is 0 Å². The maximum atomic E-state index is 14.3. The number of nitrogens with zero attached hydrogens (tertiary/aromatic N) is 1. The van der Waals surface area contributed by atoms with Crippen molar-refractivity contribution in [3.05, 3.63) is 58.7 Å². The summed E-state index contributed by atoms with van der Waals surface area (Å²) < 4.78 is 12.2. The number of rotatable bonds is 1. The Morgan fingerprint density at radius 2 is 1.87 bits per heavy atom. The normalized spacial score (nSPS) is 36.2. The summed E-state index contributed by atoms with van der Waals surface area (Å²) in [7, 11) is 3.76. The minimum atomic E-state index is -1.01. The van der Waals surface area contributed by atoms with Gasteiger partial charge in [-0.05, 0) is 68.5 Å². The summed E-state index contributed by atoms with van der Waals surface area (Å²) in [6.45, 7) is 0.851. The van der Waals surface area contributed by atoms with Crippen LogP contribution in [0.15, 0.2) is 36.4 Å². The molecule has 2 bridgehead atoms. The van der Waals surface area contributed by atoms with Gasteiger partial charge in [-0.2, -0.15) is 0 Å². The zero-order chi connectivity index (χ0) is 21.2. The molecule has 2 heterocycles. The van der Waals surface area contributed by atoms with Crippen LogP contribution in [0.5, 0.6) is 11.5 Å². The van der Waals surface area contributed by atoms with Gasteiger partial charge in [0.1, 0.15) is 0 Å². The third-order valence-corrected chi connectivity index (χ3v) is 9.23. The number of carbonyl (C=O) groups is 1. The largest absolute Gasteiger partial charge is 0.493 e. The second kappa shape index (κ2) is 5.51. The molecule has 2 spiro atoms. The highest BCUT2D eigenvalue weighted by molar-refractivity contribution is 5.96. The molecule has 160 valence electrons. The Morgan fingerprint density at radius 1 is 1.13 bits per heavy atom. The molecule has 2 fully saturated rings. The Kier molecular flexibility index (Phi) is 3.24. The lowest BCUT2D eigenvalue weighted by molar-refractivity contribution is -0.206. The number of Topliss-reactive ketones (excluding diaryl/α,β-unsaturated/α-hetero) is 1. The molecular formula is C26H27NO4. The number of piperidine rings is 1. The fourth-order valence-corrected chi connectivity index (χ4v) is 7.94. The van der Waals surface area contributed by atoms with E-state index in [-0.39, 0.29) is 11.8 Å². The van der Waals surface area contributed by atoms with E-state index in [2.05, 4.69) is 30.1 Å². The lowest BCUT2D eigenvalue weighted by Crippen LogP contribution is -2.79. The first-order chi connectivity index (χ1) is 14.9. The molecule has 31 heavy (non-hydrogen) atoms. The van der Waals surface area contributed by atoms with Crippen LogP contribution in [0.3, 0.4) is 0 Å². The molecule has 0 aromatic heterocycles. The Morgan fingerprint density at radius 3 is 2.58 bits per heavy atom. The van der Waals surface area contributed by atoms with E-state index in [1.54, 1.807) is 7.11 Å². The van der Waals surface area contributed by atoms with E-state index in [0.717, 1.165) is 24.9 Å². The first-order valence-electron chi connectivity index (χ1n) is 11.3. The third kappa shape index (κ3) is 1.87. The van der Waals surface area contributed by atoms with Gasteiger partial charge in [-0.1, -0.05) is 30.3 Å². The highest BCUT2D eigenvalue weighted by Gasteiger charge is 2.77. The van der Waals surface area contributed by atoms with Crippen LogP contribution in [0.1, 0.15) is 35.1 Å². The SMILES string of the molecule is COc1ccc2c3c1OC1C(=O)C4(Cc5ccccc5C4)CC4(O)C(C2)N(C)CCC314. The fraction of sp³-hybridized carbons (Fsp3) is 0.500. The number of carbonyl (C=O) groups excluding carboxylic acids is 1. The molecule has 4 atom stereocenters. The summed E-state index contributed by atoms with van der Waals surface area (Å²) in [6, 6.07) is 12.4. The summed E-state index contributed by atoms with van der Waals surface area (Å²) in [5.41, 5.74) is 2.41. The molecular weight excluding hydrogens is 390 g/mol. The van der Waals surface area contributed by atoms with Crippen molar-refractivity contribution < 1.29 is 19.4 Å². The molecule has 5 heteroatoms. The lowest BCUT2D eigenvalue weighted by atomic mass is 9.44. The van der Waals surface area contributed by atoms with Crippen molar-refractivity contribution in [2.24, 2.45) is 5.41 Å². The minimum absolute atomic E-state index is 0.0205. The number of ketones is 1. The van der Waals surface area contributed by atoms with Gasteiger partial charge in [-0.3, -0.25) is 4.79 Å². The van der Waals surface area contributed by atoms with Gasteiger partial charge in [0.15, 0.2) is 23.4 Å². The summed E-state index contributed by atoms with van der Waals surface area (Å²) in [4.78, 5) is 16.6. The zero-order valence-corrected chi connectivity index (χ0v) is 18.0. The number of benzene rings is 2. The van der Waals surface area contributed by atoms with Gasteiger partial charge in [-0.25, -0.2) is 0 Å². The zero-order valence-electron chi connectivity index (χ0n) is 18.0. The van der Waals surface area contributed by atoms with Gasteiger partial charge in [0.2, 0.25) is 0 Å². The number of likely N-dealkylation sites (N-methyl/N-ethyl adjacent to an activating group) is 1. The number of likely N-dealkylation sites (tertiary alicyclic amines) is 1. The second-order valence-corrected chi connectivity index (χ2v) is 10.4. The van der Waals surface area contributed by atoms with Crippen molar-refractivity contribution >= 4 is 5.78 Å². The van der Waals surface area contributed by atoms with Gasteiger partial charge >= 0.3 is 0 Å². The molecule has 7 rings (SSSR count). The Bertz CT molecular complexity index is 1130. The third-order valence-electron chi connectivity index (χ3n) is 9.23. The lowest BCUT2D eigenvalue weighted by Gasteiger charge is -2.64. The number of hydrogen-bond acceptors (Lipinski definition) is 5. The van der Waals surface area contributed by atoms with Crippen molar-refractivity contribution in [2.75, 3.05) is 20.7 Å². The van der Waals surface area contributed by atoms with Crippen molar-refractivity contribution in [1.29, 1.82) is 0 Å². The van der Waals surface area contributed by atoms with Crippen molar-refractivity contribution in [3.8, 4) is 11.5 Å². The average molecular weight is 418 g/mol. The average Bonchev–Trinajstić information content (AvgIpc) is 3.30. The molecule has 3 aliphatic carbocycles. The molecule has 0 radical (unpaired) electrons. The summed E-state index contributed by atoms with van der Waals surface area (Å²) in [5, 5.41) is 12.7. The molecule has 0 amide bonds. The van der Waals surface area contributed by atoms with E-state index in [9.17, 15) is 9.90 Å². The number of aliphatic hydroxyl groups is 1. The van der Waals surface area contributed by atoms with Gasteiger partial charge in [0.25, 0.3) is 0 Å². The predicted molar refractivity (Wildman–Crippen MR) is 115 cm³/mol. The Balaban J connectivity index is 1.47. The topological polar surface area (TPSA) is 59.0 Å². The second-order valence-electron chi connectivity index (χ2n) is 10.4. The van der Waals surface area contributed by atoms with E-state index in [1.807, 2.05) is 18.2 Å². The summed E-state index contributed by atoms with van der Waals surface area (Å²) >= 11 is 0. The molecule has 1 N–H and O–H groups in total. The molecule has 1 saturated heterocycles. The van der Waals surface area contributed by atoms with E-state index in [1.165, 1.54) is 16.7 Å². The van der Waals surface area contributed by atoms with Gasteiger partial charge in [0.05, 0.1) is 18.1 Å². The maximum absolute atomic E-state index is 14.3. The monoisotopic (exact) mass is 417 g/mol. The van der Waals surface area contributed by atoms with Crippen LogP contribution in [0, 0.1) is 5.41 Å². The Hall–Kier alpha value is -2.37. The molecule has 1 saturated carbocycles. The standard InChI is InChI=1S/C26H27NO4/c1-27-10-9-25-20-15-7-8-18(30-2)21(20)31-23(25)22(28)24(14-26(25,29)19(27)11-15)12-16-5-3-4-6-17(16)13-24/h3-8,19,23,29H,9-14H2,1-2H3. The molecule has 5 aliphatic rings. The quantitative estimate of drug-likeness (QED) is 0.773. The smallest absolute Gasteiger partial charge is 0.181 e. The summed E-state index contributed by atoms with van der Waals surface area (Å²) in [5.74, 6) is 1.52. The van der Waals surface area contributed by atoms with E-state index < -0.39 is 22.5 Å². The van der Waals surface area contributed by atoms with Crippen LogP contribution in [-0.4, -0.2) is 54.2 Å². The van der Waals surface area contributed by atoms with Crippen LogP contribution in [0.25, 0.3) is 0 Å². The number of methoxy groups -OCH3 is 1. The van der Waals surface area contributed by atoms with Crippen LogP contribution in [0.4, 0.5) is 0 Å². The first kappa shape index (κ1) is 18.2. The van der Waals surface area contributed by atoms with Crippen LogP contribution < -0.4 is 9.47 Å². The van der Waals surface area contributed by atoms with Crippen LogP contribution >= 0.6 is 0 Å². The van der Waals surface area contributed by atoms with E-state index >= 15 is 0 Å². The number of hydrogen-bond donors (Lipinski definition) is 1. The van der Waals surface area contributed by atoms with Crippen molar-refractivity contribution in [2.45, 2.75) is 55.3 Å². The fourth-order valence-electron chi connectivity index (χ4n) is 7.94. The maximum Gasteiger partial charge on any atom is 0.181 e. The predicted octanol–water partition coefficient (Wildman–Crippen LogP) is 2.44. The first-order valence-corrected chi connectivity index (χ1v) is 11.3. The van der Waals surface area contributed by atoms with E-state index in [0.29, 0.717) is 30.8 Å². The Labute approximate surface area is 182 Å². The molecule has 4 unspecified atom stereocenters. The number of fused-ring (bicyclic) bond motifs is 1. The van der Waals surface area contributed by atoms with Gasteiger partial charge in [-0.15, -0.1) is 0 Å². The van der Waals surface area contributed by atoms with E-state index in [4.69, 9.17) is 9.47 Å². The minimum Gasteiger partial charge on any atom is -0.493 e. The van der Waals surface area contributed by atoms with Crippen molar-refractivity contribution in [3.63, 3.8) is 0 Å². The highest BCUT2D eigenvalue weighted by atomic mass is 16.5. The van der Waals surface area contributed by atoms with Crippen molar-refractivity contribution in [1.82, 2.24) is 4.90 Å². The highest BCUT2D eigenvalue weighted by Crippen LogP contribution is 2.68.